The summed E-state index contributed by atoms with van der Waals surface area (Å²) in [5.74, 6) is 0.0186. The molecule has 2 aliphatic rings. The molecular weight excluding hydrogens is 260 g/mol. The van der Waals surface area contributed by atoms with E-state index in [0.717, 1.165) is 32.1 Å². The second kappa shape index (κ2) is 5.02. The topological polar surface area (TPSA) is 64.3 Å². The van der Waals surface area contributed by atoms with Crippen LogP contribution in [0.1, 0.15) is 46.0 Å². The second-order valence-electron chi connectivity index (χ2n) is 6.46. The number of nitrogens with two attached hydrogens (primary N) is 1. The predicted octanol–water partition coefficient (Wildman–Crippen LogP) is 1.76. The van der Waals surface area contributed by atoms with Crippen molar-refractivity contribution >= 4 is 23.1 Å². The van der Waals surface area contributed by atoms with Gasteiger partial charge in [0.05, 0.1) is 16.5 Å². The highest BCUT2D eigenvalue weighted by molar-refractivity contribution is 7.80. The molecule has 1 amide bonds. The fraction of sp³-hybridized carbons (Fsp3) is 0.857. The van der Waals surface area contributed by atoms with Crippen LogP contribution in [0.4, 0.5) is 0 Å². The molecule has 4 nitrogen and oxygen atoms in total. The van der Waals surface area contributed by atoms with Gasteiger partial charge >= 0.3 is 0 Å². The fourth-order valence-corrected chi connectivity index (χ4v) is 3.69. The highest BCUT2D eigenvalue weighted by atomic mass is 32.1. The molecule has 2 atom stereocenters. The number of methoxy groups -OCH3 is 1. The van der Waals surface area contributed by atoms with Crippen molar-refractivity contribution in [3.8, 4) is 0 Å². The van der Waals surface area contributed by atoms with E-state index in [1.165, 1.54) is 0 Å². The Morgan fingerprint density at radius 2 is 1.95 bits per heavy atom. The Bertz CT molecular complexity index is 389. The molecule has 0 aromatic rings. The lowest BCUT2D eigenvalue weighted by Gasteiger charge is -2.51. The van der Waals surface area contributed by atoms with Gasteiger partial charge in [-0.05, 0) is 19.3 Å². The average molecular weight is 284 g/mol. The van der Waals surface area contributed by atoms with Crippen LogP contribution in [0, 0.1) is 10.8 Å². The smallest absolute Gasteiger partial charge is 0.233 e. The molecule has 0 aromatic heterocycles. The lowest BCUT2D eigenvalue weighted by Crippen LogP contribution is -2.64. The summed E-state index contributed by atoms with van der Waals surface area (Å²) in [5, 5.41) is 3.15. The predicted molar refractivity (Wildman–Crippen MR) is 78.8 cm³/mol. The van der Waals surface area contributed by atoms with Gasteiger partial charge in [0, 0.05) is 18.6 Å². The van der Waals surface area contributed by atoms with Gasteiger partial charge in [-0.3, -0.25) is 4.79 Å². The Morgan fingerprint density at radius 1 is 1.37 bits per heavy atom. The first kappa shape index (κ1) is 14.7. The van der Waals surface area contributed by atoms with Crippen LogP contribution in [0.15, 0.2) is 0 Å². The Kier molecular flexibility index (Phi) is 3.89. The maximum absolute atomic E-state index is 12.6. The minimum atomic E-state index is -0.608. The van der Waals surface area contributed by atoms with Crippen molar-refractivity contribution in [1.82, 2.24) is 5.32 Å². The van der Waals surface area contributed by atoms with E-state index in [2.05, 4.69) is 19.2 Å². The zero-order valence-corrected chi connectivity index (χ0v) is 12.8. The van der Waals surface area contributed by atoms with Crippen molar-refractivity contribution < 1.29 is 9.53 Å². The number of hydrogen-bond acceptors (Lipinski definition) is 3. The summed E-state index contributed by atoms with van der Waals surface area (Å²) in [7, 11) is 1.72. The van der Waals surface area contributed by atoms with Crippen LogP contribution in [-0.4, -0.2) is 30.2 Å². The average Bonchev–Trinajstić information content (AvgIpc) is 2.84. The standard InChI is InChI=1S/C14H24N2O2S/c1-13(2)9(8-10(13)18-3)16-12(17)14(11(15)19)6-4-5-7-14/h9-10H,4-8H2,1-3H3,(H2,15,19)(H,16,17). The Balaban J connectivity index is 2.04. The number of thiocarbonyl (C=S) groups is 1. The number of carbonyl (C=O) groups excluding carboxylic acids is 1. The molecule has 19 heavy (non-hydrogen) atoms. The van der Waals surface area contributed by atoms with E-state index in [1.54, 1.807) is 7.11 Å². The summed E-state index contributed by atoms with van der Waals surface area (Å²) in [6.07, 6.45) is 4.70. The summed E-state index contributed by atoms with van der Waals surface area (Å²) in [5.41, 5.74) is 5.20. The van der Waals surface area contributed by atoms with Crippen LogP contribution in [-0.2, 0) is 9.53 Å². The van der Waals surface area contributed by atoms with E-state index in [0.29, 0.717) is 4.99 Å². The third-order valence-electron chi connectivity index (χ3n) is 5.13. The highest BCUT2D eigenvalue weighted by Crippen LogP contribution is 2.44. The van der Waals surface area contributed by atoms with Crippen LogP contribution < -0.4 is 11.1 Å². The lowest BCUT2D eigenvalue weighted by molar-refractivity contribution is -0.138. The largest absolute Gasteiger partial charge is 0.392 e. The second-order valence-corrected chi connectivity index (χ2v) is 6.90. The number of hydrogen-bond donors (Lipinski definition) is 2. The molecule has 0 aromatic carbocycles. The molecule has 2 unspecified atom stereocenters. The van der Waals surface area contributed by atoms with Crippen molar-refractivity contribution in [2.24, 2.45) is 16.6 Å². The summed E-state index contributed by atoms with van der Waals surface area (Å²) in [6, 6.07) is 0.150. The van der Waals surface area contributed by atoms with Gasteiger partial charge in [-0.2, -0.15) is 0 Å². The molecule has 5 heteroatoms. The molecule has 2 rings (SSSR count). The number of nitrogens with one attached hydrogen (secondary N) is 1. The number of carbonyl (C=O) groups is 1. The van der Waals surface area contributed by atoms with Gasteiger partial charge in [0.15, 0.2) is 0 Å². The summed E-state index contributed by atoms with van der Waals surface area (Å²) < 4.78 is 5.41. The third kappa shape index (κ3) is 2.27. The number of amides is 1. The summed E-state index contributed by atoms with van der Waals surface area (Å²) in [6.45, 7) is 4.25. The van der Waals surface area contributed by atoms with Gasteiger partial charge in [0.25, 0.3) is 0 Å². The van der Waals surface area contributed by atoms with E-state index in [1.807, 2.05) is 0 Å². The third-order valence-corrected chi connectivity index (χ3v) is 5.52. The normalized spacial score (nSPS) is 31.5. The van der Waals surface area contributed by atoms with E-state index < -0.39 is 5.41 Å². The molecule has 2 fully saturated rings. The Morgan fingerprint density at radius 3 is 2.37 bits per heavy atom. The molecule has 3 N–H and O–H groups in total. The SMILES string of the molecule is COC1CC(NC(=O)C2(C(N)=S)CCCC2)C1(C)C. The van der Waals surface area contributed by atoms with Crippen molar-refractivity contribution in [2.45, 2.75) is 58.1 Å². The van der Waals surface area contributed by atoms with E-state index in [4.69, 9.17) is 22.7 Å². The van der Waals surface area contributed by atoms with Gasteiger partial charge < -0.3 is 15.8 Å². The van der Waals surface area contributed by atoms with Crippen molar-refractivity contribution in [3.05, 3.63) is 0 Å². The zero-order valence-electron chi connectivity index (χ0n) is 12.0. The number of rotatable bonds is 4. The molecule has 2 saturated carbocycles. The first-order valence-electron chi connectivity index (χ1n) is 6.98. The van der Waals surface area contributed by atoms with Crippen molar-refractivity contribution in [2.75, 3.05) is 7.11 Å². The van der Waals surface area contributed by atoms with Crippen LogP contribution in [0.5, 0.6) is 0 Å². The molecule has 2 aliphatic carbocycles. The molecule has 0 saturated heterocycles. The summed E-state index contributed by atoms with van der Waals surface area (Å²) >= 11 is 5.15. The minimum Gasteiger partial charge on any atom is -0.392 e. The minimum absolute atomic E-state index is 0.0186. The van der Waals surface area contributed by atoms with E-state index in [-0.39, 0.29) is 23.5 Å². The van der Waals surface area contributed by atoms with Gasteiger partial charge in [-0.15, -0.1) is 0 Å². The van der Waals surface area contributed by atoms with Crippen LogP contribution in [0.25, 0.3) is 0 Å². The van der Waals surface area contributed by atoms with Gasteiger partial charge in [-0.1, -0.05) is 38.9 Å². The highest BCUT2D eigenvalue weighted by Gasteiger charge is 2.52. The Hall–Kier alpha value is -0.680. The fourth-order valence-electron chi connectivity index (χ4n) is 3.39. The van der Waals surface area contributed by atoms with E-state index >= 15 is 0 Å². The molecule has 0 radical (unpaired) electrons. The van der Waals surface area contributed by atoms with Gasteiger partial charge in [0.1, 0.15) is 0 Å². The molecule has 0 heterocycles. The summed E-state index contributed by atoms with van der Waals surface area (Å²) in [4.78, 5) is 12.9. The molecule has 0 bridgehead atoms. The van der Waals surface area contributed by atoms with E-state index in [9.17, 15) is 4.79 Å². The maximum atomic E-state index is 12.6. The van der Waals surface area contributed by atoms with Crippen molar-refractivity contribution in [3.63, 3.8) is 0 Å². The molecular formula is C14H24N2O2S. The van der Waals surface area contributed by atoms with Crippen LogP contribution >= 0.6 is 12.2 Å². The maximum Gasteiger partial charge on any atom is 0.233 e. The van der Waals surface area contributed by atoms with Gasteiger partial charge in [0.2, 0.25) is 5.91 Å². The van der Waals surface area contributed by atoms with Crippen molar-refractivity contribution in [1.29, 1.82) is 0 Å². The number of ether oxygens (including phenoxy) is 1. The van der Waals surface area contributed by atoms with Gasteiger partial charge in [-0.25, -0.2) is 0 Å². The molecule has 0 aliphatic heterocycles. The quantitative estimate of drug-likeness (QED) is 0.772. The first-order valence-corrected chi connectivity index (χ1v) is 7.39. The molecule has 108 valence electrons. The first-order chi connectivity index (χ1) is 8.84. The lowest BCUT2D eigenvalue weighted by atomic mass is 9.64. The van der Waals surface area contributed by atoms with Crippen LogP contribution in [0.3, 0.4) is 0 Å². The molecule has 0 spiro atoms. The zero-order chi connectivity index (χ0) is 14.3. The van der Waals surface area contributed by atoms with Crippen LogP contribution in [0.2, 0.25) is 0 Å². The monoisotopic (exact) mass is 284 g/mol. The Labute approximate surface area is 120 Å².